The normalized spacial score (nSPS) is 10.9. The summed E-state index contributed by atoms with van der Waals surface area (Å²) >= 11 is 0. The first-order valence-corrected chi connectivity index (χ1v) is 5.93. The number of fused-ring (bicyclic) bond motifs is 1. The summed E-state index contributed by atoms with van der Waals surface area (Å²) in [5, 5.41) is 2.96. The van der Waals surface area contributed by atoms with Crippen LogP contribution in [0.5, 0.6) is 0 Å². The summed E-state index contributed by atoms with van der Waals surface area (Å²) in [6.07, 6.45) is 0. The lowest BCUT2D eigenvalue weighted by Gasteiger charge is -2.07. The van der Waals surface area contributed by atoms with Crippen LogP contribution in [0, 0.1) is 11.6 Å². The average Bonchev–Trinajstić information content (AvgIpc) is 2.79. The van der Waals surface area contributed by atoms with Crippen LogP contribution in [0.4, 0.5) is 14.5 Å². The van der Waals surface area contributed by atoms with Crippen molar-refractivity contribution in [1.82, 2.24) is 4.98 Å². The number of benzene rings is 2. The van der Waals surface area contributed by atoms with Gasteiger partial charge in [-0.25, -0.2) is 13.6 Å². The summed E-state index contributed by atoms with van der Waals surface area (Å²) < 4.78 is 31.4. The number of nitrogens with one attached hydrogen (secondary N) is 2. The van der Waals surface area contributed by atoms with Crippen molar-refractivity contribution in [1.29, 1.82) is 0 Å². The first-order chi connectivity index (χ1) is 9.63. The molecule has 0 spiro atoms. The van der Waals surface area contributed by atoms with E-state index in [9.17, 15) is 13.6 Å². The first-order valence-electron chi connectivity index (χ1n) is 5.93. The molecule has 1 aromatic heterocycles. The van der Waals surface area contributed by atoms with Gasteiger partial charge in [0.1, 0.15) is 0 Å². The van der Waals surface area contributed by atoms with Gasteiger partial charge in [-0.05, 0) is 24.3 Å². The topological polar surface area (TPSA) is 58.0 Å². The van der Waals surface area contributed by atoms with Gasteiger partial charge in [0.2, 0.25) is 0 Å². The Balaban J connectivity index is 1.82. The molecule has 2 aromatic carbocycles. The molecule has 0 atom stereocenters. The highest BCUT2D eigenvalue weighted by molar-refractivity contribution is 5.76. The van der Waals surface area contributed by atoms with E-state index < -0.39 is 17.4 Å². The highest BCUT2D eigenvalue weighted by Gasteiger charge is 2.07. The van der Waals surface area contributed by atoms with Crippen LogP contribution in [0.3, 0.4) is 0 Å². The number of aromatic amines is 1. The van der Waals surface area contributed by atoms with E-state index in [-0.39, 0.29) is 12.1 Å². The van der Waals surface area contributed by atoms with Gasteiger partial charge in [0.05, 0.1) is 5.52 Å². The second kappa shape index (κ2) is 4.80. The summed E-state index contributed by atoms with van der Waals surface area (Å²) in [5.41, 5.74) is 1.88. The van der Waals surface area contributed by atoms with Crippen LogP contribution in [-0.2, 0) is 6.54 Å². The molecule has 2 N–H and O–H groups in total. The van der Waals surface area contributed by atoms with Gasteiger partial charge in [-0.1, -0.05) is 12.1 Å². The Morgan fingerprint density at radius 1 is 1.20 bits per heavy atom. The lowest BCUT2D eigenvalue weighted by molar-refractivity contribution is 0.500. The van der Waals surface area contributed by atoms with Crippen LogP contribution in [0.25, 0.3) is 11.1 Å². The minimum Gasteiger partial charge on any atom is -0.408 e. The van der Waals surface area contributed by atoms with E-state index in [1.165, 1.54) is 12.1 Å². The molecule has 0 amide bonds. The third-order valence-electron chi connectivity index (χ3n) is 2.93. The fourth-order valence-corrected chi connectivity index (χ4v) is 1.94. The molecule has 1 heterocycles. The van der Waals surface area contributed by atoms with Gasteiger partial charge in [0.15, 0.2) is 17.2 Å². The van der Waals surface area contributed by atoms with Gasteiger partial charge in [-0.2, -0.15) is 0 Å². The Morgan fingerprint density at radius 3 is 2.90 bits per heavy atom. The fraction of sp³-hybridized carbons (Fsp3) is 0.0714. The van der Waals surface area contributed by atoms with Crippen LogP contribution >= 0.6 is 0 Å². The molecule has 0 unspecified atom stereocenters. The number of H-pyrrole nitrogens is 1. The zero-order valence-corrected chi connectivity index (χ0v) is 10.2. The number of hydrogen-bond donors (Lipinski definition) is 2. The molecule has 20 heavy (non-hydrogen) atoms. The van der Waals surface area contributed by atoms with Gasteiger partial charge in [-0.3, -0.25) is 4.98 Å². The van der Waals surface area contributed by atoms with E-state index in [2.05, 4.69) is 10.3 Å². The molecule has 0 aliphatic carbocycles. The molecule has 3 aromatic rings. The Hall–Kier alpha value is -2.63. The van der Waals surface area contributed by atoms with Crippen LogP contribution in [0.15, 0.2) is 45.6 Å². The molecule has 0 aliphatic heterocycles. The first kappa shape index (κ1) is 12.4. The predicted octanol–water partition coefficient (Wildman–Crippen LogP) is 3.01. The summed E-state index contributed by atoms with van der Waals surface area (Å²) in [7, 11) is 0. The van der Waals surface area contributed by atoms with Gasteiger partial charge in [-0.15, -0.1) is 0 Å². The van der Waals surface area contributed by atoms with Crippen molar-refractivity contribution in [2.24, 2.45) is 0 Å². The van der Waals surface area contributed by atoms with Gasteiger partial charge in [0.25, 0.3) is 0 Å². The minimum absolute atomic E-state index is 0.136. The van der Waals surface area contributed by atoms with Crippen molar-refractivity contribution in [2.45, 2.75) is 6.54 Å². The number of anilines is 1. The highest BCUT2D eigenvalue weighted by atomic mass is 19.2. The molecule has 4 nitrogen and oxygen atoms in total. The van der Waals surface area contributed by atoms with E-state index in [0.717, 1.165) is 6.07 Å². The summed E-state index contributed by atoms with van der Waals surface area (Å²) in [4.78, 5) is 13.5. The number of halogens is 2. The van der Waals surface area contributed by atoms with Crippen LogP contribution < -0.4 is 11.1 Å². The van der Waals surface area contributed by atoms with E-state index >= 15 is 0 Å². The van der Waals surface area contributed by atoms with E-state index in [4.69, 9.17) is 4.42 Å². The monoisotopic (exact) mass is 276 g/mol. The molecular formula is C14H10F2N2O2. The largest absolute Gasteiger partial charge is 0.417 e. The minimum atomic E-state index is -0.876. The molecule has 0 saturated carbocycles. The highest BCUT2D eigenvalue weighted by Crippen LogP contribution is 2.18. The maximum Gasteiger partial charge on any atom is 0.417 e. The Bertz CT molecular complexity index is 823. The van der Waals surface area contributed by atoms with Crippen LogP contribution in [0.1, 0.15) is 5.56 Å². The lowest BCUT2D eigenvalue weighted by Crippen LogP contribution is -2.03. The third kappa shape index (κ3) is 2.27. The second-order valence-corrected chi connectivity index (χ2v) is 4.29. The molecule has 3 rings (SSSR count). The summed E-state index contributed by atoms with van der Waals surface area (Å²) in [6.45, 7) is 0.136. The summed E-state index contributed by atoms with van der Waals surface area (Å²) in [5.74, 6) is -2.27. The fourth-order valence-electron chi connectivity index (χ4n) is 1.94. The van der Waals surface area contributed by atoms with E-state index in [1.807, 2.05) is 0 Å². The van der Waals surface area contributed by atoms with Crippen molar-refractivity contribution in [3.8, 4) is 0 Å². The molecule has 0 saturated heterocycles. The number of rotatable bonds is 3. The van der Waals surface area contributed by atoms with Crippen LogP contribution in [0.2, 0.25) is 0 Å². The second-order valence-electron chi connectivity index (χ2n) is 4.29. The van der Waals surface area contributed by atoms with Crippen molar-refractivity contribution >= 4 is 16.8 Å². The zero-order chi connectivity index (χ0) is 14.1. The van der Waals surface area contributed by atoms with Gasteiger partial charge in [0, 0.05) is 17.8 Å². The molecule has 0 radical (unpaired) electrons. The standard InChI is InChI=1S/C14H10F2N2O2/c15-10-3-1-2-8(13(10)16)7-17-9-4-5-12-11(6-9)18-14(19)20-12/h1-6,17H,7H2,(H,18,19). The third-order valence-corrected chi connectivity index (χ3v) is 2.93. The van der Waals surface area contributed by atoms with Gasteiger partial charge >= 0.3 is 5.76 Å². The lowest BCUT2D eigenvalue weighted by atomic mass is 10.2. The summed E-state index contributed by atoms with van der Waals surface area (Å²) in [6, 6.07) is 9.00. The van der Waals surface area contributed by atoms with Crippen molar-refractivity contribution in [2.75, 3.05) is 5.32 Å². The number of hydrogen-bond acceptors (Lipinski definition) is 3. The molecule has 0 fully saturated rings. The zero-order valence-electron chi connectivity index (χ0n) is 10.2. The average molecular weight is 276 g/mol. The molecule has 0 aliphatic rings. The predicted molar refractivity (Wildman–Crippen MR) is 70.5 cm³/mol. The quantitative estimate of drug-likeness (QED) is 0.773. The smallest absolute Gasteiger partial charge is 0.408 e. The molecule has 102 valence electrons. The number of oxazole rings is 1. The Morgan fingerprint density at radius 2 is 2.05 bits per heavy atom. The number of aromatic nitrogens is 1. The van der Waals surface area contributed by atoms with Gasteiger partial charge < -0.3 is 9.73 Å². The maximum absolute atomic E-state index is 13.5. The van der Waals surface area contributed by atoms with Crippen molar-refractivity contribution in [3.05, 3.63) is 64.1 Å². The maximum atomic E-state index is 13.5. The Labute approximate surface area is 112 Å². The van der Waals surface area contributed by atoms with Crippen molar-refractivity contribution < 1.29 is 13.2 Å². The molecule has 0 bridgehead atoms. The van der Waals surface area contributed by atoms with Crippen molar-refractivity contribution in [3.63, 3.8) is 0 Å². The molecule has 6 heteroatoms. The van der Waals surface area contributed by atoms with E-state index in [1.54, 1.807) is 18.2 Å². The van der Waals surface area contributed by atoms with E-state index in [0.29, 0.717) is 16.8 Å². The molecular weight excluding hydrogens is 266 g/mol. The van der Waals surface area contributed by atoms with Crippen LogP contribution in [-0.4, -0.2) is 4.98 Å². The SMILES string of the molecule is O=c1[nH]c2cc(NCc3cccc(F)c3F)ccc2o1. The Kier molecular flexibility index (Phi) is 2.98.